The van der Waals surface area contributed by atoms with Crippen LogP contribution in [0, 0.1) is 0 Å². The van der Waals surface area contributed by atoms with Crippen molar-refractivity contribution in [2.45, 2.75) is 6.42 Å². The van der Waals surface area contributed by atoms with Gasteiger partial charge in [0.1, 0.15) is 5.52 Å². The molecule has 1 heterocycles. The maximum atomic E-state index is 11.6. The average molecular weight is 302 g/mol. The quantitative estimate of drug-likeness (QED) is 0.431. The number of aromatic nitrogens is 3. The van der Waals surface area contributed by atoms with E-state index in [9.17, 15) is 4.79 Å². The van der Waals surface area contributed by atoms with Crippen molar-refractivity contribution in [1.29, 1.82) is 0 Å². The van der Waals surface area contributed by atoms with E-state index in [1.54, 1.807) is 0 Å². The minimum Gasteiger partial charge on any atom is -0.274 e. The summed E-state index contributed by atoms with van der Waals surface area (Å²) in [5.41, 5.74) is 5.46. The fraction of sp³-hybridized carbons (Fsp3) is 0.0714. The van der Waals surface area contributed by atoms with Crippen molar-refractivity contribution < 1.29 is 4.79 Å². The fourth-order valence-electron chi connectivity index (χ4n) is 2.12. The van der Waals surface area contributed by atoms with Gasteiger partial charge in [0.05, 0.1) is 5.52 Å². The number of halogens is 1. The van der Waals surface area contributed by atoms with Gasteiger partial charge in [0, 0.05) is 5.02 Å². The molecule has 3 N–H and O–H groups in total. The van der Waals surface area contributed by atoms with Crippen molar-refractivity contribution in [3.05, 3.63) is 58.6 Å². The van der Waals surface area contributed by atoms with Crippen LogP contribution in [-0.4, -0.2) is 21.0 Å². The molecule has 0 aliphatic rings. The third-order valence-corrected chi connectivity index (χ3v) is 3.40. The first-order valence-electron chi connectivity index (χ1n) is 6.27. The fourth-order valence-corrected chi connectivity index (χ4v) is 2.25. The molecule has 0 spiro atoms. The molecule has 0 fully saturated rings. The summed E-state index contributed by atoms with van der Waals surface area (Å²) in [7, 11) is 0. The molecular formula is C14H12ClN5O. The monoisotopic (exact) mass is 301 g/mol. The molecule has 0 aliphatic carbocycles. The minimum atomic E-state index is -0.527. The van der Waals surface area contributed by atoms with Crippen LogP contribution in [0.1, 0.15) is 11.1 Å². The van der Waals surface area contributed by atoms with Gasteiger partial charge in [-0.1, -0.05) is 35.0 Å². The van der Waals surface area contributed by atoms with E-state index < -0.39 is 6.03 Å². The Bertz CT molecular complexity index is 797. The molecule has 2 aromatic carbocycles. The Morgan fingerprint density at radius 1 is 1.19 bits per heavy atom. The third kappa shape index (κ3) is 2.72. The highest BCUT2D eigenvalue weighted by Crippen LogP contribution is 2.18. The van der Waals surface area contributed by atoms with Crippen LogP contribution in [0.15, 0.2) is 42.5 Å². The molecule has 0 unspecified atom stereocenters. The lowest BCUT2D eigenvalue weighted by Crippen LogP contribution is -2.34. The Morgan fingerprint density at radius 3 is 2.62 bits per heavy atom. The Morgan fingerprint density at radius 2 is 1.90 bits per heavy atom. The van der Waals surface area contributed by atoms with Crippen molar-refractivity contribution in [3.63, 3.8) is 0 Å². The zero-order valence-electron chi connectivity index (χ0n) is 11.0. The smallest absolute Gasteiger partial charge is 0.274 e. The third-order valence-electron chi connectivity index (χ3n) is 3.15. The van der Waals surface area contributed by atoms with Gasteiger partial charge in [-0.2, -0.15) is 4.68 Å². The van der Waals surface area contributed by atoms with Crippen LogP contribution < -0.4 is 11.3 Å². The van der Waals surface area contributed by atoms with Gasteiger partial charge in [-0.3, -0.25) is 5.43 Å². The molecule has 6 nitrogen and oxygen atoms in total. The molecule has 0 aliphatic heterocycles. The van der Waals surface area contributed by atoms with Gasteiger partial charge in [-0.25, -0.2) is 10.6 Å². The standard InChI is InChI=1S/C14H12ClN5O/c15-11-4-1-9(2-5-11)7-10-3-6-12-13(8-10)20(19-18-12)14(21)17-16/h1-6,8H,7,16H2,(H,17,21). The van der Waals surface area contributed by atoms with Gasteiger partial charge in [0.2, 0.25) is 0 Å². The summed E-state index contributed by atoms with van der Waals surface area (Å²) in [6, 6.07) is 12.8. The Labute approximate surface area is 125 Å². The average Bonchev–Trinajstić information content (AvgIpc) is 2.92. The topological polar surface area (TPSA) is 85.8 Å². The van der Waals surface area contributed by atoms with Crippen molar-refractivity contribution in [1.82, 2.24) is 20.4 Å². The van der Waals surface area contributed by atoms with Gasteiger partial charge in [-0.15, -0.1) is 5.10 Å². The second-order valence-corrected chi connectivity index (χ2v) is 5.01. The number of hydrazine groups is 1. The maximum absolute atomic E-state index is 11.6. The SMILES string of the molecule is NNC(=O)n1nnc2ccc(Cc3ccc(Cl)cc3)cc21. The number of fused-ring (bicyclic) bond motifs is 1. The number of nitrogen functional groups attached to an aromatic ring is 1. The molecule has 21 heavy (non-hydrogen) atoms. The molecule has 1 amide bonds. The first-order chi connectivity index (χ1) is 10.2. The summed E-state index contributed by atoms with van der Waals surface area (Å²) >= 11 is 5.87. The lowest BCUT2D eigenvalue weighted by atomic mass is 10.0. The number of rotatable bonds is 2. The summed E-state index contributed by atoms with van der Waals surface area (Å²) < 4.78 is 1.14. The number of nitrogens with one attached hydrogen (secondary N) is 1. The molecule has 7 heteroatoms. The van der Waals surface area contributed by atoms with E-state index in [0.29, 0.717) is 16.1 Å². The van der Waals surface area contributed by atoms with Gasteiger partial charge in [0.15, 0.2) is 0 Å². The van der Waals surface area contributed by atoms with E-state index in [0.717, 1.165) is 22.2 Å². The molecule has 0 saturated carbocycles. The maximum Gasteiger partial charge on any atom is 0.358 e. The zero-order chi connectivity index (χ0) is 14.8. The number of hydrogen-bond donors (Lipinski definition) is 2. The Hall–Kier alpha value is -2.44. The minimum absolute atomic E-state index is 0.527. The van der Waals surface area contributed by atoms with Gasteiger partial charge < -0.3 is 0 Å². The number of carbonyl (C=O) groups excluding carboxylic acids is 1. The molecule has 0 saturated heterocycles. The molecular weight excluding hydrogens is 290 g/mol. The van der Waals surface area contributed by atoms with E-state index in [-0.39, 0.29) is 0 Å². The highest BCUT2D eigenvalue weighted by molar-refractivity contribution is 6.30. The number of carbonyl (C=O) groups is 1. The predicted molar refractivity (Wildman–Crippen MR) is 79.9 cm³/mol. The summed E-state index contributed by atoms with van der Waals surface area (Å²) in [5, 5.41) is 8.41. The number of nitrogens with zero attached hydrogens (tertiary/aromatic N) is 3. The van der Waals surface area contributed by atoms with Crippen molar-refractivity contribution >= 4 is 28.7 Å². The largest absolute Gasteiger partial charge is 0.358 e. The molecule has 106 valence electrons. The first-order valence-corrected chi connectivity index (χ1v) is 6.65. The summed E-state index contributed by atoms with van der Waals surface area (Å²) in [6.07, 6.45) is 0.725. The van der Waals surface area contributed by atoms with E-state index >= 15 is 0 Å². The predicted octanol–water partition coefficient (Wildman–Crippen LogP) is 2.11. The number of nitrogens with two attached hydrogens (primary N) is 1. The van der Waals surface area contributed by atoms with E-state index in [2.05, 4.69) is 10.3 Å². The van der Waals surface area contributed by atoms with Crippen molar-refractivity contribution in [2.75, 3.05) is 0 Å². The summed E-state index contributed by atoms with van der Waals surface area (Å²) in [6.45, 7) is 0. The lowest BCUT2D eigenvalue weighted by Gasteiger charge is -2.04. The van der Waals surface area contributed by atoms with Crippen LogP contribution >= 0.6 is 11.6 Å². The number of amides is 1. The van der Waals surface area contributed by atoms with Gasteiger partial charge >= 0.3 is 6.03 Å². The second kappa shape index (κ2) is 5.51. The molecule has 0 atom stereocenters. The highest BCUT2D eigenvalue weighted by atomic mass is 35.5. The van der Waals surface area contributed by atoms with Crippen LogP contribution in [0.25, 0.3) is 11.0 Å². The molecule has 0 radical (unpaired) electrons. The molecule has 1 aromatic heterocycles. The Balaban J connectivity index is 1.96. The Kier molecular flexibility index (Phi) is 3.55. The van der Waals surface area contributed by atoms with Crippen LogP contribution in [0.3, 0.4) is 0 Å². The van der Waals surface area contributed by atoms with Crippen LogP contribution in [0.4, 0.5) is 4.79 Å². The van der Waals surface area contributed by atoms with Crippen LogP contribution in [-0.2, 0) is 6.42 Å². The number of benzene rings is 2. The van der Waals surface area contributed by atoms with E-state index in [1.165, 1.54) is 0 Å². The number of hydrogen-bond acceptors (Lipinski definition) is 4. The van der Waals surface area contributed by atoms with Crippen molar-refractivity contribution in [3.8, 4) is 0 Å². The van der Waals surface area contributed by atoms with Crippen molar-refractivity contribution in [2.24, 2.45) is 5.84 Å². The highest BCUT2D eigenvalue weighted by Gasteiger charge is 2.11. The van der Waals surface area contributed by atoms with Gasteiger partial charge in [-0.05, 0) is 41.8 Å². The first kappa shape index (κ1) is 13.5. The summed E-state index contributed by atoms with van der Waals surface area (Å²) in [4.78, 5) is 11.6. The zero-order valence-corrected chi connectivity index (χ0v) is 11.7. The normalized spacial score (nSPS) is 10.8. The van der Waals surface area contributed by atoms with Gasteiger partial charge in [0.25, 0.3) is 0 Å². The van der Waals surface area contributed by atoms with Crippen LogP contribution in [0.2, 0.25) is 5.02 Å². The van der Waals surface area contributed by atoms with Crippen LogP contribution in [0.5, 0.6) is 0 Å². The molecule has 3 rings (SSSR count). The summed E-state index contributed by atoms with van der Waals surface area (Å²) in [5.74, 6) is 5.13. The molecule has 0 bridgehead atoms. The van der Waals surface area contributed by atoms with E-state index in [1.807, 2.05) is 47.9 Å². The second-order valence-electron chi connectivity index (χ2n) is 4.58. The van der Waals surface area contributed by atoms with E-state index in [4.69, 9.17) is 17.4 Å². The lowest BCUT2D eigenvalue weighted by molar-refractivity contribution is 0.240. The molecule has 3 aromatic rings.